The van der Waals surface area contributed by atoms with Gasteiger partial charge in [-0.1, -0.05) is 31.2 Å². The first-order chi connectivity index (χ1) is 17.9. The fourth-order valence-corrected chi connectivity index (χ4v) is 5.69. The normalized spacial score (nSPS) is 23.0. The van der Waals surface area contributed by atoms with Crippen LogP contribution in [-0.2, 0) is 9.59 Å². The van der Waals surface area contributed by atoms with Crippen molar-refractivity contribution in [3.63, 3.8) is 0 Å². The number of carbonyl (C=O) groups is 2. The standard InChI is InChI=1S/C29H34N2O6/c1-2-13-31-28(36)21-15-20(16-32)26(22(17-33)27(21)29(31)37)25(35)11-10-18(23-8-5-6-12-30-23)14-19-7-3-4-9-24(19)34/h3-9,12,14,21-22,25,27,32-35H,2,10-11,13,15-17H2,1H3/b18-14-/t21-,22+,25-,27-/m1/s1. The van der Waals surface area contributed by atoms with Gasteiger partial charge in [0.1, 0.15) is 5.75 Å². The smallest absolute Gasteiger partial charge is 0.233 e. The van der Waals surface area contributed by atoms with Gasteiger partial charge in [0.05, 0.1) is 36.8 Å². The molecule has 196 valence electrons. The number of imide groups is 1. The highest BCUT2D eigenvalue weighted by Crippen LogP contribution is 2.46. The summed E-state index contributed by atoms with van der Waals surface area (Å²) in [6, 6.07) is 12.5. The number of amides is 2. The maximum atomic E-state index is 13.1. The number of aromatic hydroxyl groups is 1. The molecule has 4 rings (SSSR count). The molecule has 0 saturated carbocycles. The number of fused-ring (bicyclic) bond motifs is 1. The predicted octanol–water partition coefficient (Wildman–Crippen LogP) is 2.78. The molecule has 0 radical (unpaired) electrons. The second-order valence-electron chi connectivity index (χ2n) is 9.67. The molecular formula is C29H34N2O6. The monoisotopic (exact) mass is 506 g/mol. The van der Waals surface area contributed by atoms with E-state index in [2.05, 4.69) is 4.98 Å². The van der Waals surface area contributed by atoms with Crippen molar-refractivity contribution in [2.45, 2.75) is 38.7 Å². The molecule has 2 amide bonds. The lowest BCUT2D eigenvalue weighted by Gasteiger charge is -2.36. The third-order valence-corrected chi connectivity index (χ3v) is 7.42. The maximum Gasteiger partial charge on any atom is 0.233 e. The van der Waals surface area contributed by atoms with Gasteiger partial charge >= 0.3 is 0 Å². The van der Waals surface area contributed by atoms with Gasteiger partial charge in [0, 0.05) is 24.2 Å². The molecule has 8 heteroatoms. The molecule has 0 unspecified atom stereocenters. The Morgan fingerprint density at radius 2 is 1.89 bits per heavy atom. The van der Waals surface area contributed by atoms with Crippen molar-refractivity contribution in [2.75, 3.05) is 19.8 Å². The molecule has 0 bridgehead atoms. The summed E-state index contributed by atoms with van der Waals surface area (Å²) < 4.78 is 0. The number of likely N-dealkylation sites (tertiary alicyclic amines) is 1. The third kappa shape index (κ3) is 5.37. The molecule has 4 N–H and O–H groups in total. The molecule has 37 heavy (non-hydrogen) atoms. The van der Waals surface area contributed by atoms with Gasteiger partial charge in [-0.25, -0.2) is 0 Å². The summed E-state index contributed by atoms with van der Waals surface area (Å²) in [6.07, 6.45) is 3.91. The number of nitrogens with zero attached hydrogens (tertiary/aromatic N) is 2. The summed E-state index contributed by atoms with van der Waals surface area (Å²) in [5, 5.41) is 42.1. The Kier molecular flexibility index (Phi) is 8.53. The number of hydrogen-bond acceptors (Lipinski definition) is 7. The first-order valence-electron chi connectivity index (χ1n) is 12.8. The van der Waals surface area contributed by atoms with E-state index in [1.807, 2.05) is 31.2 Å². The molecule has 1 aromatic heterocycles. The van der Waals surface area contributed by atoms with E-state index in [9.17, 15) is 30.0 Å². The van der Waals surface area contributed by atoms with Crippen LogP contribution in [0.3, 0.4) is 0 Å². The lowest BCUT2D eigenvalue weighted by atomic mass is 9.68. The molecule has 1 aliphatic heterocycles. The van der Waals surface area contributed by atoms with Gasteiger partial charge in [0.25, 0.3) is 0 Å². The molecule has 8 nitrogen and oxygen atoms in total. The van der Waals surface area contributed by atoms with Gasteiger partial charge < -0.3 is 20.4 Å². The largest absolute Gasteiger partial charge is 0.507 e. The van der Waals surface area contributed by atoms with Crippen LogP contribution in [0.4, 0.5) is 0 Å². The Morgan fingerprint density at radius 1 is 1.14 bits per heavy atom. The highest BCUT2D eigenvalue weighted by molar-refractivity contribution is 6.05. The van der Waals surface area contributed by atoms with Gasteiger partial charge in [-0.05, 0) is 66.7 Å². The second-order valence-corrected chi connectivity index (χ2v) is 9.67. The van der Waals surface area contributed by atoms with Crippen molar-refractivity contribution in [3.8, 4) is 5.75 Å². The van der Waals surface area contributed by atoms with Crippen molar-refractivity contribution < 1.29 is 30.0 Å². The van der Waals surface area contributed by atoms with Crippen LogP contribution in [0.2, 0.25) is 0 Å². The first-order valence-corrected chi connectivity index (χ1v) is 12.8. The van der Waals surface area contributed by atoms with Crippen LogP contribution >= 0.6 is 0 Å². The number of benzene rings is 1. The van der Waals surface area contributed by atoms with E-state index in [1.165, 1.54) is 4.90 Å². The summed E-state index contributed by atoms with van der Waals surface area (Å²) in [6.45, 7) is 1.44. The van der Waals surface area contributed by atoms with Crippen LogP contribution < -0.4 is 0 Å². The van der Waals surface area contributed by atoms with Crippen LogP contribution in [-0.4, -0.2) is 68.0 Å². The number of phenols is 1. The van der Waals surface area contributed by atoms with E-state index in [1.54, 1.807) is 30.5 Å². The van der Waals surface area contributed by atoms with Crippen molar-refractivity contribution in [1.82, 2.24) is 9.88 Å². The summed E-state index contributed by atoms with van der Waals surface area (Å²) in [4.78, 5) is 31.8. The minimum atomic E-state index is -1.04. The highest BCUT2D eigenvalue weighted by atomic mass is 16.3. The van der Waals surface area contributed by atoms with Gasteiger partial charge in [-0.2, -0.15) is 0 Å². The quantitative estimate of drug-likeness (QED) is 0.288. The minimum absolute atomic E-state index is 0.126. The summed E-state index contributed by atoms with van der Waals surface area (Å²) in [7, 11) is 0. The molecule has 1 aromatic carbocycles. The van der Waals surface area contributed by atoms with Gasteiger partial charge in [-0.15, -0.1) is 0 Å². The zero-order valence-corrected chi connectivity index (χ0v) is 21.0. The fraction of sp³-hybridized carbons (Fsp3) is 0.414. The van der Waals surface area contributed by atoms with Crippen molar-refractivity contribution in [3.05, 3.63) is 71.1 Å². The van der Waals surface area contributed by atoms with Crippen molar-refractivity contribution >= 4 is 23.5 Å². The average Bonchev–Trinajstić information content (AvgIpc) is 3.15. The summed E-state index contributed by atoms with van der Waals surface area (Å²) in [5.74, 6) is -2.56. The second kappa shape index (κ2) is 11.8. The zero-order chi connectivity index (χ0) is 26.5. The van der Waals surface area contributed by atoms with Crippen molar-refractivity contribution in [2.24, 2.45) is 17.8 Å². The number of rotatable bonds is 10. The zero-order valence-electron chi connectivity index (χ0n) is 21.0. The molecule has 2 heterocycles. The van der Waals surface area contributed by atoms with Crippen LogP contribution in [0, 0.1) is 17.8 Å². The number of aliphatic hydroxyl groups is 3. The molecule has 1 aliphatic carbocycles. The number of carbonyl (C=O) groups excluding carboxylic acids is 2. The number of pyridine rings is 1. The Hall–Kier alpha value is -3.33. The molecule has 0 spiro atoms. The molecule has 2 aliphatic rings. The van der Waals surface area contributed by atoms with E-state index in [0.717, 1.165) is 5.57 Å². The van der Waals surface area contributed by atoms with Crippen LogP contribution in [0.25, 0.3) is 11.6 Å². The molecule has 2 aromatic rings. The summed E-state index contributed by atoms with van der Waals surface area (Å²) in [5.41, 5.74) is 3.07. The average molecular weight is 507 g/mol. The number of allylic oxidation sites excluding steroid dienone is 1. The molecule has 1 saturated heterocycles. The Bertz CT molecular complexity index is 1190. The third-order valence-electron chi connectivity index (χ3n) is 7.42. The molecular weight excluding hydrogens is 472 g/mol. The van der Waals surface area contributed by atoms with E-state index in [0.29, 0.717) is 41.8 Å². The maximum absolute atomic E-state index is 13.1. The first kappa shape index (κ1) is 26.7. The van der Waals surface area contributed by atoms with E-state index in [-0.39, 0.29) is 37.0 Å². The lowest BCUT2D eigenvalue weighted by Crippen LogP contribution is -2.39. The minimum Gasteiger partial charge on any atom is -0.507 e. The van der Waals surface area contributed by atoms with Crippen LogP contribution in [0.1, 0.15) is 43.9 Å². The number of aliphatic hydroxyl groups excluding tert-OH is 3. The predicted molar refractivity (Wildman–Crippen MR) is 139 cm³/mol. The number of phenolic OH excluding ortho intramolecular Hbond substituents is 1. The number of hydrogen-bond donors (Lipinski definition) is 4. The van der Waals surface area contributed by atoms with E-state index >= 15 is 0 Å². The van der Waals surface area contributed by atoms with Gasteiger partial charge in [-0.3, -0.25) is 19.5 Å². The van der Waals surface area contributed by atoms with Crippen molar-refractivity contribution in [1.29, 1.82) is 0 Å². The van der Waals surface area contributed by atoms with E-state index < -0.39 is 30.5 Å². The molecule has 1 fully saturated rings. The Labute approximate surface area is 216 Å². The highest BCUT2D eigenvalue weighted by Gasteiger charge is 2.54. The molecule has 4 atom stereocenters. The topological polar surface area (TPSA) is 131 Å². The van der Waals surface area contributed by atoms with Gasteiger partial charge in [0.2, 0.25) is 11.8 Å². The number of para-hydroxylation sites is 1. The lowest BCUT2D eigenvalue weighted by molar-refractivity contribution is -0.140. The van der Waals surface area contributed by atoms with Gasteiger partial charge in [0.15, 0.2) is 0 Å². The SMILES string of the molecule is CCCN1C(=O)[C@@H]2[C@@H](CC(CO)=C([C@H](O)CC/C(=C/c3ccccc3O)c3ccccn3)[C@@H]2CO)C1=O. The Balaban J connectivity index is 1.62. The van der Waals surface area contributed by atoms with Crippen LogP contribution in [0.15, 0.2) is 59.8 Å². The van der Waals surface area contributed by atoms with Crippen LogP contribution in [0.5, 0.6) is 5.75 Å². The van der Waals surface area contributed by atoms with E-state index in [4.69, 9.17) is 0 Å². The Morgan fingerprint density at radius 3 is 2.54 bits per heavy atom. The summed E-state index contributed by atoms with van der Waals surface area (Å²) >= 11 is 0. The number of aromatic nitrogens is 1. The fourth-order valence-electron chi connectivity index (χ4n) is 5.69.